The monoisotopic (exact) mass is 447 g/mol. The molecule has 164 valence electrons. The first-order valence-corrected chi connectivity index (χ1v) is 9.36. The maximum atomic E-state index is 13.5. The van der Waals surface area contributed by atoms with E-state index < -0.39 is 28.5 Å². The Morgan fingerprint density at radius 1 is 1.30 bits per heavy atom. The predicted octanol–water partition coefficient (Wildman–Crippen LogP) is 5.13. The molecular formula is C19H21ClF3N3O4. The summed E-state index contributed by atoms with van der Waals surface area (Å²) in [6, 6.07) is 4.61. The third kappa shape index (κ3) is 5.96. The van der Waals surface area contributed by atoms with Gasteiger partial charge >= 0.3 is 6.18 Å². The van der Waals surface area contributed by atoms with Gasteiger partial charge in [-0.25, -0.2) is 4.98 Å². The van der Waals surface area contributed by atoms with Crippen molar-refractivity contribution in [2.45, 2.75) is 25.6 Å². The van der Waals surface area contributed by atoms with Crippen LogP contribution in [-0.4, -0.2) is 42.1 Å². The minimum absolute atomic E-state index is 0.0213. The van der Waals surface area contributed by atoms with Crippen molar-refractivity contribution in [1.82, 2.24) is 9.88 Å². The standard InChI is InChI=1S/C19H21ClF3N3O4/c1-4-16(13-11-12(26(27)28)5-6-15(13)20)30-18-17(29-10-9-25(2)3)14(7-8-24-18)19(21,22)23/h5-8,11,16H,4,9-10H2,1-3H3. The van der Waals surface area contributed by atoms with Crippen molar-refractivity contribution in [2.75, 3.05) is 27.2 Å². The summed E-state index contributed by atoms with van der Waals surface area (Å²) in [5, 5.41) is 11.3. The van der Waals surface area contributed by atoms with Crippen LogP contribution < -0.4 is 9.47 Å². The smallest absolute Gasteiger partial charge is 0.420 e. The van der Waals surface area contributed by atoms with E-state index in [1.165, 1.54) is 18.2 Å². The Balaban J connectivity index is 2.44. The molecule has 1 heterocycles. The van der Waals surface area contributed by atoms with E-state index >= 15 is 0 Å². The van der Waals surface area contributed by atoms with Gasteiger partial charge in [0.15, 0.2) is 5.75 Å². The van der Waals surface area contributed by atoms with Crippen LogP contribution in [0.2, 0.25) is 5.02 Å². The molecule has 0 N–H and O–H groups in total. The zero-order valence-corrected chi connectivity index (χ0v) is 17.3. The van der Waals surface area contributed by atoms with Crippen LogP contribution in [0.15, 0.2) is 30.5 Å². The summed E-state index contributed by atoms with van der Waals surface area (Å²) in [5.41, 5.74) is -0.964. The van der Waals surface area contributed by atoms with Crippen LogP contribution >= 0.6 is 11.6 Å². The first kappa shape index (κ1) is 23.7. The van der Waals surface area contributed by atoms with Gasteiger partial charge in [-0.3, -0.25) is 10.1 Å². The SMILES string of the molecule is CCC(Oc1nccc(C(F)(F)F)c1OCCN(C)C)c1cc([N+](=O)[O-])ccc1Cl. The van der Waals surface area contributed by atoms with Crippen molar-refractivity contribution in [2.24, 2.45) is 0 Å². The first-order chi connectivity index (χ1) is 14.0. The number of nitro groups is 1. The largest absolute Gasteiger partial charge is 0.486 e. The maximum Gasteiger partial charge on any atom is 0.420 e. The molecule has 0 saturated carbocycles. The number of likely N-dealkylation sites (N-methyl/N-ethyl adjacent to an activating group) is 1. The lowest BCUT2D eigenvalue weighted by Crippen LogP contribution is -2.21. The number of pyridine rings is 1. The Morgan fingerprint density at radius 2 is 2.00 bits per heavy atom. The fourth-order valence-electron chi connectivity index (χ4n) is 2.60. The van der Waals surface area contributed by atoms with E-state index in [2.05, 4.69) is 4.98 Å². The average Bonchev–Trinajstić information content (AvgIpc) is 2.66. The summed E-state index contributed by atoms with van der Waals surface area (Å²) in [6.07, 6.45) is -4.31. The molecule has 30 heavy (non-hydrogen) atoms. The van der Waals surface area contributed by atoms with Crippen LogP contribution in [0.25, 0.3) is 0 Å². The van der Waals surface area contributed by atoms with Crippen molar-refractivity contribution in [1.29, 1.82) is 0 Å². The Morgan fingerprint density at radius 3 is 2.57 bits per heavy atom. The highest BCUT2D eigenvalue weighted by molar-refractivity contribution is 6.31. The van der Waals surface area contributed by atoms with Crippen LogP contribution in [0.5, 0.6) is 11.6 Å². The fraction of sp³-hybridized carbons (Fsp3) is 0.421. The molecule has 0 bridgehead atoms. The summed E-state index contributed by atoms with van der Waals surface area (Å²) in [5.74, 6) is -0.898. The van der Waals surface area contributed by atoms with Gasteiger partial charge in [0.05, 0.1) is 4.92 Å². The number of nitrogens with zero attached hydrogens (tertiary/aromatic N) is 3. The maximum absolute atomic E-state index is 13.5. The van der Waals surface area contributed by atoms with Gasteiger partial charge in [0.2, 0.25) is 0 Å². The fourth-order valence-corrected chi connectivity index (χ4v) is 2.84. The molecular weight excluding hydrogens is 427 g/mol. The van der Waals surface area contributed by atoms with Gasteiger partial charge in [0.1, 0.15) is 18.3 Å². The number of alkyl halides is 3. The number of ether oxygens (including phenoxy) is 2. The molecule has 11 heteroatoms. The molecule has 0 aliphatic carbocycles. The van der Waals surface area contributed by atoms with Gasteiger partial charge in [0, 0.05) is 35.5 Å². The zero-order chi connectivity index (χ0) is 22.5. The minimum Gasteiger partial charge on any atom is -0.486 e. The van der Waals surface area contributed by atoms with E-state index in [4.69, 9.17) is 21.1 Å². The van der Waals surface area contributed by atoms with Gasteiger partial charge in [-0.2, -0.15) is 13.2 Å². The minimum atomic E-state index is -4.68. The molecule has 0 saturated heterocycles. The van der Waals surface area contributed by atoms with Gasteiger partial charge in [0.25, 0.3) is 11.6 Å². The Hall–Kier alpha value is -2.59. The molecule has 0 fully saturated rings. The van der Waals surface area contributed by atoms with E-state index in [0.717, 1.165) is 12.3 Å². The van der Waals surface area contributed by atoms with Crippen molar-refractivity contribution in [3.8, 4) is 11.6 Å². The van der Waals surface area contributed by atoms with Crippen LogP contribution in [-0.2, 0) is 6.18 Å². The third-order valence-electron chi connectivity index (χ3n) is 4.12. The highest BCUT2D eigenvalue weighted by atomic mass is 35.5. The second kappa shape index (κ2) is 9.94. The molecule has 0 spiro atoms. The number of hydrogen-bond acceptors (Lipinski definition) is 6. The molecule has 1 aromatic carbocycles. The van der Waals surface area contributed by atoms with Crippen molar-refractivity contribution < 1.29 is 27.6 Å². The molecule has 7 nitrogen and oxygen atoms in total. The van der Waals surface area contributed by atoms with Gasteiger partial charge in [-0.15, -0.1) is 0 Å². The molecule has 0 aliphatic rings. The lowest BCUT2D eigenvalue weighted by molar-refractivity contribution is -0.385. The van der Waals surface area contributed by atoms with Crippen molar-refractivity contribution >= 4 is 17.3 Å². The van der Waals surface area contributed by atoms with Gasteiger partial charge < -0.3 is 14.4 Å². The number of hydrogen-bond donors (Lipinski definition) is 0. The third-order valence-corrected chi connectivity index (χ3v) is 4.47. The average molecular weight is 448 g/mol. The van der Waals surface area contributed by atoms with E-state index in [1.807, 2.05) is 0 Å². The molecule has 2 aromatic rings. The highest BCUT2D eigenvalue weighted by Crippen LogP contribution is 2.42. The summed E-state index contributed by atoms with van der Waals surface area (Å²) in [4.78, 5) is 16.1. The Labute approximate surface area is 176 Å². The number of halogens is 4. The van der Waals surface area contributed by atoms with Gasteiger partial charge in [-0.1, -0.05) is 18.5 Å². The van der Waals surface area contributed by atoms with E-state index in [1.54, 1.807) is 25.9 Å². The van der Waals surface area contributed by atoms with Crippen LogP contribution in [0.1, 0.15) is 30.6 Å². The summed E-state index contributed by atoms with van der Waals surface area (Å²) in [7, 11) is 3.51. The molecule has 1 unspecified atom stereocenters. The molecule has 1 atom stereocenters. The van der Waals surface area contributed by atoms with Gasteiger partial charge in [-0.05, 0) is 32.6 Å². The topological polar surface area (TPSA) is 77.7 Å². The van der Waals surface area contributed by atoms with Crippen molar-refractivity contribution in [3.63, 3.8) is 0 Å². The molecule has 2 rings (SSSR count). The zero-order valence-electron chi connectivity index (χ0n) is 16.6. The van der Waals surface area contributed by atoms with Crippen LogP contribution in [0, 0.1) is 10.1 Å². The number of aromatic nitrogens is 1. The summed E-state index contributed by atoms with van der Waals surface area (Å²) < 4.78 is 51.6. The molecule has 1 aromatic heterocycles. The second-order valence-electron chi connectivity index (χ2n) is 6.62. The number of rotatable bonds is 9. The predicted molar refractivity (Wildman–Crippen MR) is 105 cm³/mol. The summed E-state index contributed by atoms with van der Waals surface area (Å²) >= 11 is 6.16. The highest BCUT2D eigenvalue weighted by Gasteiger charge is 2.37. The number of benzene rings is 1. The number of non-ortho nitro benzene ring substituents is 1. The molecule has 0 aliphatic heterocycles. The second-order valence-corrected chi connectivity index (χ2v) is 7.03. The van der Waals surface area contributed by atoms with Crippen molar-refractivity contribution in [3.05, 3.63) is 56.7 Å². The Bertz CT molecular complexity index is 894. The quantitative estimate of drug-likeness (QED) is 0.391. The molecule has 0 amide bonds. The van der Waals surface area contributed by atoms with E-state index in [0.29, 0.717) is 6.54 Å². The lowest BCUT2D eigenvalue weighted by atomic mass is 10.1. The number of nitro benzene ring substituents is 1. The lowest BCUT2D eigenvalue weighted by Gasteiger charge is -2.22. The van der Waals surface area contributed by atoms with E-state index in [9.17, 15) is 23.3 Å². The van der Waals surface area contributed by atoms with Crippen LogP contribution in [0.3, 0.4) is 0 Å². The van der Waals surface area contributed by atoms with Crippen LogP contribution in [0.4, 0.5) is 18.9 Å². The first-order valence-electron chi connectivity index (χ1n) is 8.98. The van der Waals surface area contributed by atoms with E-state index in [-0.39, 0.29) is 35.2 Å². The molecule has 0 radical (unpaired) electrons. The Kier molecular flexibility index (Phi) is 7.85. The summed E-state index contributed by atoms with van der Waals surface area (Å²) in [6.45, 7) is 2.06. The normalized spacial score (nSPS) is 12.7.